The number of nitrogens with two attached hydrogens (primary N) is 1. The van der Waals surface area contributed by atoms with Crippen LogP contribution in [-0.2, 0) is 0 Å². The van der Waals surface area contributed by atoms with Gasteiger partial charge in [-0.05, 0) is 49.2 Å². The van der Waals surface area contributed by atoms with Crippen molar-refractivity contribution in [3.8, 4) is 5.69 Å². The molecule has 0 unspecified atom stereocenters. The van der Waals surface area contributed by atoms with E-state index in [1.54, 1.807) is 0 Å². The average Bonchev–Trinajstić information content (AvgIpc) is 2.73. The molecule has 0 spiro atoms. The molecular formula is C15H15N3. The molecule has 18 heavy (non-hydrogen) atoms. The number of rotatable bonds is 1. The summed E-state index contributed by atoms with van der Waals surface area (Å²) in [6.45, 7) is 4.21. The van der Waals surface area contributed by atoms with Crippen LogP contribution in [0.3, 0.4) is 0 Å². The predicted octanol–water partition coefficient (Wildman–Crippen LogP) is 3.22. The summed E-state index contributed by atoms with van der Waals surface area (Å²) in [4.78, 5) is 4.45. The third-order valence-corrected chi connectivity index (χ3v) is 3.36. The van der Waals surface area contributed by atoms with E-state index in [2.05, 4.69) is 31.0 Å². The minimum Gasteiger partial charge on any atom is -0.397 e. The lowest BCUT2D eigenvalue weighted by Crippen LogP contribution is -1.98. The number of benzene rings is 2. The fourth-order valence-corrected chi connectivity index (χ4v) is 2.16. The molecule has 3 rings (SSSR count). The summed E-state index contributed by atoms with van der Waals surface area (Å²) in [7, 11) is 0. The Morgan fingerprint density at radius 2 is 1.78 bits per heavy atom. The van der Waals surface area contributed by atoms with E-state index in [1.165, 1.54) is 11.1 Å². The number of nitrogens with zero attached hydrogens (tertiary/aromatic N) is 2. The van der Waals surface area contributed by atoms with E-state index in [0.29, 0.717) is 0 Å². The van der Waals surface area contributed by atoms with Crippen LogP contribution in [0.25, 0.3) is 16.7 Å². The number of aryl methyl sites for hydroxylation is 2. The van der Waals surface area contributed by atoms with Gasteiger partial charge in [-0.15, -0.1) is 0 Å². The molecule has 0 aliphatic rings. The summed E-state index contributed by atoms with van der Waals surface area (Å²) < 4.78 is 2.04. The molecule has 2 aromatic carbocycles. The number of imidazole rings is 1. The summed E-state index contributed by atoms with van der Waals surface area (Å²) in [5.74, 6) is 0. The van der Waals surface area contributed by atoms with Crippen molar-refractivity contribution in [2.24, 2.45) is 0 Å². The van der Waals surface area contributed by atoms with Gasteiger partial charge in [0.25, 0.3) is 0 Å². The van der Waals surface area contributed by atoms with Gasteiger partial charge in [-0.3, -0.25) is 4.57 Å². The van der Waals surface area contributed by atoms with E-state index >= 15 is 0 Å². The van der Waals surface area contributed by atoms with E-state index in [-0.39, 0.29) is 0 Å². The summed E-state index contributed by atoms with van der Waals surface area (Å²) in [5, 5.41) is 0. The lowest BCUT2D eigenvalue weighted by Gasteiger charge is -2.08. The van der Waals surface area contributed by atoms with Crippen LogP contribution in [-0.4, -0.2) is 9.55 Å². The smallest absolute Gasteiger partial charge is 0.100 e. The third kappa shape index (κ3) is 1.56. The summed E-state index contributed by atoms with van der Waals surface area (Å²) in [6.07, 6.45) is 1.83. The number of hydrogen-bond donors (Lipinski definition) is 1. The van der Waals surface area contributed by atoms with Crippen LogP contribution >= 0.6 is 0 Å². The van der Waals surface area contributed by atoms with Crippen LogP contribution in [0.1, 0.15) is 11.1 Å². The van der Waals surface area contributed by atoms with Gasteiger partial charge in [0.05, 0.1) is 22.4 Å². The molecule has 0 fully saturated rings. The van der Waals surface area contributed by atoms with Crippen molar-refractivity contribution >= 4 is 16.7 Å². The maximum atomic E-state index is 6.02. The monoisotopic (exact) mass is 237 g/mol. The van der Waals surface area contributed by atoms with E-state index < -0.39 is 0 Å². The van der Waals surface area contributed by atoms with Crippen molar-refractivity contribution in [1.29, 1.82) is 0 Å². The Labute approximate surface area is 106 Å². The Kier molecular flexibility index (Phi) is 2.33. The highest BCUT2D eigenvalue weighted by molar-refractivity contribution is 5.80. The van der Waals surface area contributed by atoms with Gasteiger partial charge in [-0.2, -0.15) is 0 Å². The Bertz CT molecular complexity index is 726. The van der Waals surface area contributed by atoms with Crippen LogP contribution < -0.4 is 5.73 Å². The number of hydrogen-bond acceptors (Lipinski definition) is 2. The summed E-state index contributed by atoms with van der Waals surface area (Å²) in [6, 6.07) is 12.1. The molecule has 0 radical (unpaired) electrons. The van der Waals surface area contributed by atoms with Crippen LogP contribution in [0.15, 0.2) is 42.7 Å². The van der Waals surface area contributed by atoms with Gasteiger partial charge in [0, 0.05) is 0 Å². The largest absolute Gasteiger partial charge is 0.397 e. The van der Waals surface area contributed by atoms with Gasteiger partial charge in [0.1, 0.15) is 6.33 Å². The van der Waals surface area contributed by atoms with Gasteiger partial charge < -0.3 is 5.73 Å². The molecule has 0 saturated carbocycles. The standard InChI is InChI=1S/C15H15N3/c1-10-7-13-15(8-11(10)2)18(9-17-13)14-6-4-3-5-12(14)16/h3-9H,16H2,1-2H3. The fourth-order valence-electron chi connectivity index (χ4n) is 2.16. The highest BCUT2D eigenvalue weighted by Gasteiger charge is 2.08. The quantitative estimate of drug-likeness (QED) is 0.660. The minimum atomic E-state index is 0.759. The van der Waals surface area contributed by atoms with Gasteiger partial charge in [-0.1, -0.05) is 12.1 Å². The zero-order valence-electron chi connectivity index (χ0n) is 10.5. The lowest BCUT2D eigenvalue weighted by molar-refractivity contribution is 1.09. The molecule has 1 aromatic heterocycles. The second kappa shape index (κ2) is 3.88. The van der Waals surface area contributed by atoms with E-state index in [0.717, 1.165) is 22.4 Å². The molecule has 0 amide bonds. The normalized spacial score (nSPS) is 11.0. The second-order valence-corrected chi connectivity index (χ2v) is 4.60. The first-order valence-corrected chi connectivity index (χ1v) is 5.96. The van der Waals surface area contributed by atoms with Gasteiger partial charge in [-0.25, -0.2) is 4.98 Å². The topological polar surface area (TPSA) is 43.8 Å². The van der Waals surface area contributed by atoms with E-state index in [1.807, 2.05) is 35.2 Å². The van der Waals surface area contributed by atoms with E-state index in [4.69, 9.17) is 5.73 Å². The minimum absolute atomic E-state index is 0.759. The molecule has 0 atom stereocenters. The van der Waals surface area contributed by atoms with Crippen molar-refractivity contribution < 1.29 is 0 Å². The van der Waals surface area contributed by atoms with Crippen molar-refractivity contribution in [2.75, 3.05) is 5.73 Å². The number of fused-ring (bicyclic) bond motifs is 1. The molecule has 0 aliphatic heterocycles. The van der Waals surface area contributed by atoms with Crippen molar-refractivity contribution in [1.82, 2.24) is 9.55 Å². The lowest BCUT2D eigenvalue weighted by atomic mass is 10.1. The van der Waals surface area contributed by atoms with E-state index in [9.17, 15) is 0 Å². The molecule has 3 aromatic rings. The fraction of sp³-hybridized carbons (Fsp3) is 0.133. The Hall–Kier alpha value is -2.29. The number of para-hydroxylation sites is 2. The van der Waals surface area contributed by atoms with Gasteiger partial charge in [0.2, 0.25) is 0 Å². The summed E-state index contributed by atoms with van der Waals surface area (Å²) in [5.41, 5.74) is 12.4. The molecule has 1 heterocycles. The molecule has 90 valence electrons. The Morgan fingerprint density at radius 1 is 1.06 bits per heavy atom. The van der Waals surface area contributed by atoms with Crippen LogP contribution in [0.5, 0.6) is 0 Å². The first-order valence-electron chi connectivity index (χ1n) is 5.96. The molecule has 0 aliphatic carbocycles. The zero-order valence-corrected chi connectivity index (χ0v) is 10.5. The number of aromatic nitrogens is 2. The molecular weight excluding hydrogens is 222 g/mol. The Morgan fingerprint density at radius 3 is 2.56 bits per heavy atom. The molecule has 2 N–H and O–H groups in total. The van der Waals surface area contributed by atoms with Crippen LogP contribution in [0.4, 0.5) is 5.69 Å². The Balaban J connectivity index is 2.31. The maximum Gasteiger partial charge on any atom is 0.100 e. The average molecular weight is 237 g/mol. The SMILES string of the molecule is Cc1cc2ncn(-c3ccccc3N)c2cc1C. The third-order valence-electron chi connectivity index (χ3n) is 3.36. The zero-order chi connectivity index (χ0) is 12.7. The molecule has 0 saturated heterocycles. The number of anilines is 1. The molecule has 3 nitrogen and oxygen atoms in total. The number of nitrogen functional groups attached to an aromatic ring is 1. The maximum absolute atomic E-state index is 6.02. The predicted molar refractivity (Wildman–Crippen MR) is 75.0 cm³/mol. The second-order valence-electron chi connectivity index (χ2n) is 4.60. The molecule has 0 bridgehead atoms. The highest BCUT2D eigenvalue weighted by atomic mass is 15.1. The highest BCUT2D eigenvalue weighted by Crippen LogP contribution is 2.24. The van der Waals surface area contributed by atoms with Crippen molar-refractivity contribution in [3.63, 3.8) is 0 Å². The molecule has 3 heteroatoms. The van der Waals surface area contributed by atoms with Gasteiger partial charge in [0.15, 0.2) is 0 Å². The van der Waals surface area contributed by atoms with Crippen molar-refractivity contribution in [2.45, 2.75) is 13.8 Å². The first-order chi connectivity index (χ1) is 8.66. The van der Waals surface area contributed by atoms with Crippen LogP contribution in [0, 0.1) is 13.8 Å². The first kappa shape index (κ1) is 10.8. The van der Waals surface area contributed by atoms with Crippen LogP contribution in [0.2, 0.25) is 0 Å². The van der Waals surface area contributed by atoms with Crippen molar-refractivity contribution in [3.05, 3.63) is 53.9 Å². The summed E-state index contributed by atoms with van der Waals surface area (Å²) >= 11 is 0. The van der Waals surface area contributed by atoms with Gasteiger partial charge >= 0.3 is 0 Å².